The van der Waals surface area contributed by atoms with E-state index in [4.69, 9.17) is 9.47 Å². The molecule has 1 aliphatic heterocycles. The van der Waals surface area contributed by atoms with Gasteiger partial charge in [0.2, 0.25) is 0 Å². The van der Waals surface area contributed by atoms with Crippen LogP contribution in [0.15, 0.2) is 24.3 Å². The summed E-state index contributed by atoms with van der Waals surface area (Å²) >= 11 is 0. The molecule has 0 amide bonds. The van der Waals surface area contributed by atoms with E-state index in [1.54, 1.807) is 0 Å². The smallest absolute Gasteiger partial charge is 0.123 e. The molecule has 0 unspecified atom stereocenters. The third-order valence-corrected chi connectivity index (χ3v) is 2.16. The molecular weight excluding hydrogens is 214 g/mol. The van der Waals surface area contributed by atoms with Crippen LogP contribution in [0.4, 0.5) is 0 Å². The first kappa shape index (κ1) is 12.1. The molecule has 1 aromatic rings. The molecular formula is C11H16ClNO2. The van der Waals surface area contributed by atoms with E-state index in [-0.39, 0.29) is 12.4 Å². The zero-order valence-electron chi connectivity index (χ0n) is 8.73. The van der Waals surface area contributed by atoms with Crippen LogP contribution >= 0.6 is 12.4 Å². The molecule has 84 valence electrons. The van der Waals surface area contributed by atoms with E-state index in [2.05, 4.69) is 5.32 Å². The molecule has 1 aromatic carbocycles. The molecule has 0 saturated carbocycles. The normalized spacial score (nSPS) is 15.0. The summed E-state index contributed by atoms with van der Waals surface area (Å²) < 4.78 is 11.1. The highest BCUT2D eigenvalue weighted by molar-refractivity contribution is 5.85. The SMILES string of the molecule is CCOc1cccc(OC2CNC2)c1.Cl. The second kappa shape index (κ2) is 5.83. The quantitative estimate of drug-likeness (QED) is 0.855. The summed E-state index contributed by atoms with van der Waals surface area (Å²) in [5, 5.41) is 3.16. The molecule has 0 bridgehead atoms. The zero-order valence-corrected chi connectivity index (χ0v) is 9.55. The van der Waals surface area contributed by atoms with Crippen LogP contribution in [0.5, 0.6) is 11.5 Å². The molecule has 0 spiro atoms. The Balaban J connectivity index is 0.00000112. The Bertz CT molecular complexity index is 302. The Morgan fingerprint density at radius 1 is 1.33 bits per heavy atom. The molecule has 1 heterocycles. The average molecular weight is 230 g/mol. The van der Waals surface area contributed by atoms with Gasteiger partial charge in [-0.1, -0.05) is 6.07 Å². The predicted molar refractivity (Wildman–Crippen MR) is 62.1 cm³/mol. The fourth-order valence-electron chi connectivity index (χ4n) is 1.34. The second-order valence-corrected chi connectivity index (χ2v) is 3.31. The lowest BCUT2D eigenvalue weighted by Gasteiger charge is -2.27. The van der Waals surface area contributed by atoms with Gasteiger partial charge in [-0.2, -0.15) is 0 Å². The Morgan fingerprint density at radius 2 is 2.07 bits per heavy atom. The Hall–Kier alpha value is -0.930. The minimum Gasteiger partial charge on any atom is -0.494 e. The van der Waals surface area contributed by atoms with Gasteiger partial charge in [0, 0.05) is 19.2 Å². The number of ether oxygens (including phenoxy) is 2. The minimum absolute atomic E-state index is 0. The molecule has 1 fully saturated rings. The Morgan fingerprint density at radius 3 is 2.67 bits per heavy atom. The maximum absolute atomic E-state index is 5.69. The molecule has 0 aromatic heterocycles. The van der Waals surface area contributed by atoms with Gasteiger partial charge in [-0.25, -0.2) is 0 Å². The van der Waals surface area contributed by atoms with E-state index >= 15 is 0 Å². The van der Waals surface area contributed by atoms with Gasteiger partial charge in [0.15, 0.2) is 0 Å². The van der Waals surface area contributed by atoms with Crippen molar-refractivity contribution in [2.24, 2.45) is 0 Å². The second-order valence-electron chi connectivity index (χ2n) is 3.31. The zero-order chi connectivity index (χ0) is 9.80. The van der Waals surface area contributed by atoms with Crippen molar-refractivity contribution in [1.29, 1.82) is 0 Å². The van der Waals surface area contributed by atoms with Crippen molar-refractivity contribution in [2.45, 2.75) is 13.0 Å². The fraction of sp³-hybridized carbons (Fsp3) is 0.455. The largest absolute Gasteiger partial charge is 0.494 e. The number of hydrogen-bond donors (Lipinski definition) is 1. The van der Waals surface area contributed by atoms with Crippen molar-refractivity contribution in [1.82, 2.24) is 5.32 Å². The summed E-state index contributed by atoms with van der Waals surface area (Å²) in [7, 11) is 0. The van der Waals surface area contributed by atoms with Crippen LogP contribution in [0.3, 0.4) is 0 Å². The average Bonchev–Trinajstić information content (AvgIpc) is 2.13. The van der Waals surface area contributed by atoms with Crippen molar-refractivity contribution in [3.8, 4) is 11.5 Å². The summed E-state index contributed by atoms with van der Waals surface area (Å²) in [5.41, 5.74) is 0. The molecule has 1 aliphatic rings. The summed E-state index contributed by atoms with van der Waals surface area (Å²) in [6.45, 7) is 4.55. The fourth-order valence-corrected chi connectivity index (χ4v) is 1.34. The van der Waals surface area contributed by atoms with Crippen LogP contribution in [0.2, 0.25) is 0 Å². The molecule has 4 heteroatoms. The molecule has 0 atom stereocenters. The minimum atomic E-state index is 0. The van der Waals surface area contributed by atoms with E-state index < -0.39 is 0 Å². The van der Waals surface area contributed by atoms with Gasteiger partial charge in [0.05, 0.1) is 6.61 Å². The van der Waals surface area contributed by atoms with Crippen LogP contribution in [0.25, 0.3) is 0 Å². The van der Waals surface area contributed by atoms with E-state index in [0.717, 1.165) is 24.6 Å². The third kappa shape index (κ3) is 3.29. The Labute approximate surface area is 96.2 Å². The van der Waals surface area contributed by atoms with Gasteiger partial charge in [-0.05, 0) is 19.1 Å². The predicted octanol–water partition coefficient (Wildman–Crippen LogP) is 1.86. The molecule has 0 aliphatic carbocycles. The van der Waals surface area contributed by atoms with Crippen LogP contribution in [0, 0.1) is 0 Å². The summed E-state index contributed by atoms with van der Waals surface area (Å²) in [6, 6.07) is 7.78. The van der Waals surface area contributed by atoms with Crippen molar-refractivity contribution < 1.29 is 9.47 Å². The van der Waals surface area contributed by atoms with Crippen molar-refractivity contribution in [2.75, 3.05) is 19.7 Å². The van der Waals surface area contributed by atoms with E-state index in [9.17, 15) is 0 Å². The number of benzene rings is 1. The highest BCUT2D eigenvalue weighted by Crippen LogP contribution is 2.20. The summed E-state index contributed by atoms with van der Waals surface area (Å²) in [6.07, 6.45) is 0.326. The van der Waals surface area contributed by atoms with Crippen LogP contribution < -0.4 is 14.8 Å². The monoisotopic (exact) mass is 229 g/mol. The van der Waals surface area contributed by atoms with Gasteiger partial charge >= 0.3 is 0 Å². The van der Waals surface area contributed by atoms with Crippen molar-refractivity contribution >= 4 is 12.4 Å². The van der Waals surface area contributed by atoms with Gasteiger partial charge < -0.3 is 14.8 Å². The third-order valence-electron chi connectivity index (χ3n) is 2.16. The van der Waals surface area contributed by atoms with Crippen LogP contribution in [-0.4, -0.2) is 25.8 Å². The first-order chi connectivity index (χ1) is 6.88. The topological polar surface area (TPSA) is 30.5 Å². The molecule has 15 heavy (non-hydrogen) atoms. The Kier molecular flexibility index (Phi) is 4.72. The van der Waals surface area contributed by atoms with Crippen molar-refractivity contribution in [3.05, 3.63) is 24.3 Å². The van der Waals surface area contributed by atoms with Gasteiger partial charge in [-0.3, -0.25) is 0 Å². The number of rotatable bonds is 4. The van der Waals surface area contributed by atoms with Crippen molar-refractivity contribution in [3.63, 3.8) is 0 Å². The van der Waals surface area contributed by atoms with Gasteiger partial charge in [0.1, 0.15) is 17.6 Å². The number of nitrogens with one attached hydrogen (secondary N) is 1. The van der Waals surface area contributed by atoms with E-state index in [1.165, 1.54) is 0 Å². The maximum Gasteiger partial charge on any atom is 0.123 e. The highest BCUT2D eigenvalue weighted by Gasteiger charge is 2.18. The van der Waals surface area contributed by atoms with E-state index in [1.807, 2.05) is 31.2 Å². The van der Waals surface area contributed by atoms with Crippen LogP contribution in [0.1, 0.15) is 6.92 Å². The lowest BCUT2D eigenvalue weighted by Crippen LogP contribution is -2.50. The lowest BCUT2D eigenvalue weighted by atomic mass is 10.2. The maximum atomic E-state index is 5.69. The number of halogens is 1. The molecule has 1 saturated heterocycles. The first-order valence-electron chi connectivity index (χ1n) is 4.98. The van der Waals surface area contributed by atoms with Gasteiger partial charge in [-0.15, -0.1) is 12.4 Å². The molecule has 2 rings (SSSR count). The number of hydrogen-bond acceptors (Lipinski definition) is 3. The summed E-state index contributed by atoms with van der Waals surface area (Å²) in [4.78, 5) is 0. The van der Waals surface area contributed by atoms with Crippen LogP contribution in [-0.2, 0) is 0 Å². The van der Waals surface area contributed by atoms with E-state index in [0.29, 0.717) is 12.7 Å². The molecule has 3 nitrogen and oxygen atoms in total. The highest BCUT2D eigenvalue weighted by atomic mass is 35.5. The van der Waals surface area contributed by atoms with Gasteiger partial charge in [0.25, 0.3) is 0 Å². The lowest BCUT2D eigenvalue weighted by molar-refractivity contribution is 0.141. The first-order valence-corrected chi connectivity index (χ1v) is 4.98. The molecule has 1 N–H and O–H groups in total. The molecule has 0 radical (unpaired) electrons. The summed E-state index contributed by atoms with van der Waals surface area (Å²) in [5.74, 6) is 1.76. The standard InChI is InChI=1S/C11H15NO2.ClH/c1-2-13-9-4-3-5-10(6-9)14-11-7-12-8-11;/h3-6,11-12H,2,7-8H2,1H3;1H.